The van der Waals surface area contributed by atoms with Crippen LogP contribution in [-0.4, -0.2) is 30.7 Å². The lowest BCUT2D eigenvalue weighted by atomic mass is 9.90. The van der Waals surface area contributed by atoms with Gasteiger partial charge in [-0.3, -0.25) is 10.1 Å². The molecule has 24 heavy (non-hydrogen) atoms. The number of nitro benzene ring substituents is 1. The molecule has 126 valence electrons. The van der Waals surface area contributed by atoms with Gasteiger partial charge in [0.1, 0.15) is 11.6 Å². The SMILES string of the molecule is COc1ccc([N+](=O)[O-])cc1C(OC)C1CNc2ncc(Br)cc21. The van der Waals surface area contributed by atoms with Crippen LogP contribution in [0.3, 0.4) is 0 Å². The van der Waals surface area contributed by atoms with Crippen molar-refractivity contribution in [2.75, 3.05) is 26.1 Å². The molecular formula is C16H16BrN3O4. The summed E-state index contributed by atoms with van der Waals surface area (Å²) in [4.78, 5) is 15.1. The number of halogens is 1. The number of nitrogens with zero attached hydrogens (tertiary/aromatic N) is 2. The summed E-state index contributed by atoms with van der Waals surface area (Å²) in [5.74, 6) is 1.32. The number of hydrogen-bond donors (Lipinski definition) is 1. The summed E-state index contributed by atoms with van der Waals surface area (Å²) >= 11 is 3.43. The highest BCUT2D eigenvalue weighted by molar-refractivity contribution is 9.10. The highest BCUT2D eigenvalue weighted by Crippen LogP contribution is 2.44. The highest BCUT2D eigenvalue weighted by atomic mass is 79.9. The Morgan fingerprint density at radius 3 is 2.88 bits per heavy atom. The maximum absolute atomic E-state index is 11.1. The van der Waals surface area contributed by atoms with E-state index in [9.17, 15) is 10.1 Å². The molecular weight excluding hydrogens is 378 g/mol. The minimum atomic E-state index is -0.422. The number of pyridine rings is 1. The van der Waals surface area contributed by atoms with E-state index < -0.39 is 11.0 Å². The number of anilines is 1. The van der Waals surface area contributed by atoms with Crippen molar-refractivity contribution in [1.29, 1.82) is 0 Å². The van der Waals surface area contributed by atoms with Gasteiger partial charge in [0.2, 0.25) is 0 Å². The quantitative estimate of drug-likeness (QED) is 0.615. The number of nitro groups is 1. The Labute approximate surface area is 147 Å². The van der Waals surface area contributed by atoms with Crippen LogP contribution in [0.2, 0.25) is 0 Å². The normalized spacial score (nSPS) is 17.0. The average molecular weight is 394 g/mol. The second kappa shape index (κ2) is 6.74. The van der Waals surface area contributed by atoms with Gasteiger partial charge < -0.3 is 14.8 Å². The third-order valence-corrected chi connectivity index (χ3v) is 4.56. The molecule has 2 heterocycles. The molecule has 7 nitrogen and oxygen atoms in total. The summed E-state index contributed by atoms with van der Waals surface area (Å²) in [6.45, 7) is 0.628. The molecule has 2 unspecified atom stereocenters. The highest BCUT2D eigenvalue weighted by Gasteiger charge is 2.34. The summed E-state index contributed by atoms with van der Waals surface area (Å²) < 4.78 is 12.0. The predicted molar refractivity (Wildman–Crippen MR) is 92.6 cm³/mol. The van der Waals surface area contributed by atoms with Crippen LogP contribution < -0.4 is 10.1 Å². The van der Waals surface area contributed by atoms with Crippen LogP contribution in [-0.2, 0) is 4.74 Å². The van der Waals surface area contributed by atoms with Crippen LogP contribution in [0.4, 0.5) is 11.5 Å². The zero-order chi connectivity index (χ0) is 17.3. The smallest absolute Gasteiger partial charge is 0.270 e. The number of benzene rings is 1. The molecule has 1 aliphatic heterocycles. The molecule has 1 aliphatic rings. The molecule has 8 heteroatoms. The van der Waals surface area contributed by atoms with Crippen molar-refractivity contribution < 1.29 is 14.4 Å². The van der Waals surface area contributed by atoms with E-state index in [1.54, 1.807) is 19.4 Å². The lowest BCUT2D eigenvalue weighted by molar-refractivity contribution is -0.385. The molecule has 0 saturated carbocycles. The molecule has 0 amide bonds. The van der Waals surface area contributed by atoms with Gasteiger partial charge in [-0.25, -0.2) is 4.98 Å². The third-order valence-electron chi connectivity index (χ3n) is 4.12. The Morgan fingerprint density at radius 2 is 2.21 bits per heavy atom. The van der Waals surface area contributed by atoms with Gasteiger partial charge in [0.05, 0.1) is 18.1 Å². The van der Waals surface area contributed by atoms with E-state index in [1.165, 1.54) is 19.2 Å². The number of nitrogens with one attached hydrogen (secondary N) is 1. The van der Waals surface area contributed by atoms with Crippen molar-refractivity contribution >= 4 is 27.4 Å². The summed E-state index contributed by atoms with van der Waals surface area (Å²) in [6.07, 6.45) is 1.33. The van der Waals surface area contributed by atoms with E-state index in [1.807, 2.05) is 6.07 Å². The van der Waals surface area contributed by atoms with E-state index >= 15 is 0 Å². The largest absolute Gasteiger partial charge is 0.496 e. The number of non-ortho nitro benzene ring substituents is 1. The van der Waals surface area contributed by atoms with Crippen LogP contribution >= 0.6 is 15.9 Å². The molecule has 0 aliphatic carbocycles. The molecule has 0 bridgehead atoms. The minimum Gasteiger partial charge on any atom is -0.496 e. The third kappa shape index (κ3) is 2.94. The van der Waals surface area contributed by atoms with E-state index in [4.69, 9.17) is 9.47 Å². The number of hydrogen-bond acceptors (Lipinski definition) is 6. The van der Waals surface area contributed by atoms with Gasteiger partial charge >= 0.3 is 0 Å². The average Bonchev–Trinajstić information content (AvgIpc) is 2.98. The summed E-state index contributed by atoms with van der Waals surface area (Å²) in [6, 6.07) is 6.52. The molecule has 0 spiro atoms. The number of aromatic nitrogens is 1. The Morgan fingerprint density at radius 1 is 1.42 bits per heavy atom. The van der Waals surface area contributed by atoms with Crippen molar-refractivity contribution in [1.82, 2.24) is 4.98 Å². The van der Waals surface area contributed by atoms with Crippen molar-refractivity contribution in [2.45, 2.75) is 12.0 Å². The first-order valence-electron chi connectivity index (χ1n) is 7.29. The van der Waals surface area contributed by atoms with Gasteiger partial charge in [0.25, 0.3) is 5.69 Å². The van der Waals surface area contributed by atoms with Gasteiger partial charge in [0, 0.05) is 53.5 Å². The van der Waals surface area contributed by atoms with E-state index in [0.29, 0.717) is 17.9 Å². The molecule has 0 radical (unpaired) electrons. The second-order valence-electron chi connectivity index (χ2n) is 5.42. The second-order valence-corrected chi connectivity index (χ2v) is 6.33. The fourth-order valence-electron chi connectivity index (χ4n) is 3.04. The summed E-state index contributed by atoms with van der Waals surface area (Å²) in [5, 5.41) is 14.4. The Kier molecular flexibility index (Phi) is 4.68. The van der Waals surface area contributed by atoms with Crippen molar-refractivity contribution in [3.05, 3.63) is 56.2 Å². The molecule has 0 saturated heterocycles. The van der Waals surface area contributed by atoms with E-state index in [2.05, 4.69) is 26.2 Å². The first-order chi connectivity index (χ1) is 11.5. The minimum absolute atomic E-state index is 0.00592. The van der Waals surface area contributed by atoms with Crippen LogP contribution in [0.1, 0.15) is 23.1 Å². The van der Waals surface area contributed by atoms with Gasteiger partial charge in [-0.05, 0) is 28.1 Å². The van der Waals surface area contributed by atoms with Crippen molar-refractivity contribution in [3.8, 4) is 5.75 Å². The van der Waals surface area contributed by atoms with Crippen LogP contribution in [0.5, 0.6) is 5.75 Å². The van der Waals surface area contributed by atoms with Crippen LogP contribution in [0, 0.1) is 10.1 Å². The zero-order valence-electron chi connectivity index (χ0n) is 13.2. The molecule has 0 fully saturated rings. The topological polar surface area (TPSA) is 86.5 Å². The number of ether oxygens (including phenoxy) is 2. The number of methoxy groups -OCH3 is 2. The first kappa shape index (κ1) is 16.7. The van der Waals surface area contributed by atoms with Gasteiger partial charge in [-0.15, -0.1) is 0 Å². The van der Waals surface area contributed by atoms with Gasteiger partial charge in [-0.2, -0.15) is 0 Å². The van der Waals surface area contributed by atoms with Crippen molar-refractivity contribution in [3.63, 3.8) is 0 Å². The maximum atomic E-state index is 11.1. The molecule has 1 aromatic carbocycles. The Hall–Kier alpha value is -2.19. The van der Waals surface area contributed by atoms with Gasteiger partial charge in [-0.1, -0.05) is 0 Å². The zero-order valence-corrected chi connectivity index (χ0v) is 14.7. The molecule has 3 rings (SSSR count). The molecule has 2 atom stereocenters. The predicted octanol–water partition coefficient (Wildman–Crippen LogP) is 3.66. The van der Waals surface area contributed by atoms with E-state index in [-0.39, 0.29) is 11.6 Å². The molecule has 2 aromatic rings. The molecule has 1 N–H and O–H groups in total. The van der Waals surface area contributed by atoms with Crippen molar-refractivity contribution in [2.24, 2.45) is 0 Å². The lowest BCUT2D eigenvalue weighted by Gasteiger charge is -2.24. The lowest BCUT2D eigenvalue weighted by Crippen LogP contribution is -2.16. The Bertz CT molecular complexity index is 784. The monoisotopic (exact) mass is 393 g/mol. The van der Waals surface area contributed by atoms with Crippen LogP contribution in [0.15, 0.2) is 34.9 Å². The fraction of sp³-hybridized carbons (Fsp3) is 0.312. The fourth-order valence-corrected chi connectivity index (χ4v) is 3.39. The number of rotatable bonds is 5. The van der Waals surface area contributed by atoms with E-state index in [0.717, 1.165) is 15.9 Å². The summed E-state index contributed by atoms with van der Waals surface area (Å²) in [7, 11) is 3.13. The van der Waals surface area contributed by atoms with Crippen LogP contribution in [0.25, 0.3) is 0 Å². The van der Waals surface area contributed by atoms with Gasteiger partial charge in [0.15, 0.2) is 0 Å². The maximum Gasteiger partial charge on any atom is 0.270 e. The Balaban J connectivity index is 2.06. The summed E-state index contributed by atoms with van der Waals surface area (Å²) in [5.41, 5.74) is 1.66. The standard InChI is InChI=1S/C16H16BrN3O4/c1-23-14-4-3-10(20(21)22)6-12(14)15(24-2)13-8-19-16-11(13)5-9(17)7-18-16/h3-7,13,15H,8H2,1-2H3,(H,18,19). The first-order valence-corrected chi connectivity index (χ1v) is 8.09. The molecule has 1 aromatic heterocycles. The number of fused-ring (bicyclic) bond motifs is 1.